The molecule has 0 heterocycles. The maximum absolute atomic E-state index is 13.0. The van der Waals surface area contributed by atoms with E-state index in [9.17, 15) is 19.4 Å². The molecule has 0 aromatic carbocycles. The van der Waals surface area contributed by atoms with Crippen molar-refractivity contribution >= 4 is 13.7 Å². The summed E-state index contributed by atoms with van der Waals surface area (Å²) >= 11 is 0. The Kier molecular flexibility index (Phi) is 52.8. The van der Waals surface area contributed by atoms with Crippen LogP contribution in [-0.2, 0) is 18.4 Å². The summed E-state index contributed by atoms with van der Waals surface area (Å²) in [4.78, 5) is 25.5. The molecule has 1 amide bonds. The van der Waals surface area contributed by atoms with E-state index in [0.717, 1.165) is 96.3 Å². The molecule has 0 aliphatic carbocycles. The smallest absolute Gasteiger partial charge is 0.268 e. The Morgan fingerprint density at radius 1 is 0.486 bits per heavy atom. The third-order valence-corrected chi connectivity index (χ3v) is 13.9. The SMILES string of the molecule is CC/C=C\C/C=C\C/C=C\C/C=C\C/C=C\C/C=C\C/C=C\CCCCCCCCCCCC(=O)NC(COP(=O)([O-])OCC[N+](C)(C)C)C(O)/C=C/CC/C=C/CCCCCCCCCCCCCCCCC. The van der Waals surface area contributed by atoms with E-state index < -0.39 is 26.6 Å². The molecule has 0 fully saturated rings. The molecule has 9 heteroatoms. The Labute approximate surface area is 457 Å². The minimum atomic E-state index is -4.62. The Morgan fingerprint density at radius 3 is 1.26 bits per heavy atom. The number of likely N-dealkylation sites (N-methyl/N-ethyl adjacent to an activating group) is 1. The molecule has 0 rings (SSSR count). The van der Waals surface area contributed by atoms with Crippen molar-refractivity contribution in [2.24, 2.45) is 0 Å². The first-order valence-corrected chi connectivity index (χ1v) is 31.7. The number of allylic oxidation sites excluding steroid dienone is 17. The average molecular weight is 1050 g/mol. The molecule has 74 heavy (non-hydrogen) atoms. The normalized spacial score (nSPS) is 14.6. The number of phosphoric ester groups is 1. The van der Waals surface area contributed by atoms with Crippen LogP contribution in [0.15, 0.2) is 109 Å². The van der Waals surface area contributed by atoms with Gasteiger partial charge >= 0.3 is 0 Å². The Morgan fingerprint density at radius 2 is 0.838 bits per heavy atom. The van der Waals surface area contributed by atoms with Gasteiger partial charge in [-0.1, -0.05) is 258 Å². The highest BCUT2D eigenvalue weighted by molar-refractivity contribution is 7.45. The predicted octanol–water partition coefficient (Wildman–Crippen LogP) is 18.1. The van der Waals surface area contributed by atoms with Gasteiger partial charge in [0.2, 0.25) is 5.91 Å². The minimum Gasteiger partial charge on any atom is -0.756 e. The lowest BCUT2D eigenvalue weighted by Gasteiger charge is -2.29. The summed E-state index contributed by atoms with van der Waals surface area (Å²) in [7, 11) is 1.23. The molecule has 2 N–H and O–H groups in total. The van der Waals surface area contributed by atoms with Crippen molar-refractivity contribution in [1.29, 1.82) is 0 Å². The summed E-state index contributed by atoms with van der Waals surface area (Å²) in [6.45, 7) is 4.51. The van der Waals surface area contributed by atoms with Crippen molar-refractivity contribution in [3.05, 3.63) is 109 Å². The predicted molar refractivity (Wildman–Crippen MR) is 320 cm³/mol. The second-order valence-electron chi connectivity index (χ2n) is 21.3. The minimum absolute atomic E-state index is 0.0127. The summed E-state index contributed by atoms with van der Waals surface area (Å²) < 4.78 is 23.4. The number of nitrogens with zero attached hydrogens (tertiary/aromatic N) is 1. The second kappa shape index (κ2) is 54.9. The number of aliphatic hydroxyl groups is 1. The monoisotopic (exact) mass is 1050 g/mol. The van der Waals surface area contributed by atoms with Crippen LogP contribution in [0.1, 0.15) is 245 Å². The van der Waals surface area contributed by atoms with E-state index in [1.165, 1.54) is 128 Å². The van der Waals surface area contributed by atoms with Crippen molar-refractivity contribution in [3.63, 3.8) is 0 Å². The van der Waals surface area contributed by atoms with Gasteiger partial charge < -0.3 is 28.8 Å². The van der Waals surface area contributed by atoms with E-state index in [1.54, 1.807) is 6.08 Å². The highest BCUT2D eigenvalue weighted by atomic mass is 31.2. The molecule has 3 atom stereocenters. The number of amides is 1. The molecule has 0 saturated heterocycles. The van der Waals surface area contributed by atoms with Crippen LogP contribution in [0.4, 0.5) is 0 Å². The number of rotatable bonds is 54. The lowest BCUT2D eigenvalue weighted by molar-refractivity contribution is -0.870. The van der Waals surface area contributed by atoms with Crippen molar-refractivity contribution in [3.8, 4) is 0 Å². The largest absolute Gasteiger partial charge is 0.756 e. The van der Waals surface area contributed by atoms with Crippen LogP contribution < -0.4 is 10.2 Å². The average Bonchev–Trinajstić information content (AvgIpc) is 3.36. The first kappa shape index (κ1) is 71.2. The van der Waals surface area contributed by atoms with E-state index in [4.69, 9.17) is 9.05 Å². The van der Waals surface area contributed by atoms with Crippen molar-refractivity contribution < 1.29 is 32.9 Å². The molecular weight excluding hydrogens is 936 g/mol. The molecule has 0 aliphatic rings. The van der Waals surface area contributed by atoms with Gasteiger partial charge in [0.25, 0.3) is 7.82 Å². The van der Waals surface area contributed by atoms with Gasteiger partial charge in [-0.3, -0.25) is 9.36 Å². The van der Waals surface area contributed by atoms with Gasteiger partial charge in [-0.2, -0.15) is 0 Å². The van der Waals surface area contributed by atoms with Crippen LogP contribution in [0.5, 0.6) is 0 Å². The summed E-state index contributed by atoms with van der Waals surface area (Å²) in [6.07, 6.45) is 80.3. The summed E-state index contributed by atoms with van der Waals surface area (Å²) in [5.41, 5.74) is 0. The van der Waals surface area contributed by atoms with Gasteiger partial charge in [-0.25, -0.2) is 0 Å². The number of nitrogens with one attached hydrogen (secondary N) is 1. The fraction of sp³-hybridized carbons (Fsp3) is 0.708. The third-order valence-electron chi connectivity index (χ3n) is 13.0. The molecule has 0 radical (unpaired) electrons. The van der Waals surface area contributed by atoms with Crippen LogP contribution in [-0.4, -0.2) is 68.5 Å². The molecule has 0 aromatic heterocycles. The Bertz CT molecular complexity index is 1570. The molecule has 0 bridgehead atoms. The Balaban J connectivity index is 4.25. The highest BCUT2D eigenvalue weighted by Gasteiger charge is 2.23. The van der Waals surface area contributed by atoms with Crippen molar-refractivity contribution in [2.75, 3.05) is 40.9 Å². The summed E-state index contributed by atoms with van der Waals surface area (Å²) in [5.74, 6) is -0.217. The fourth-order valence-electron chi connectivity index (χ4n) is 8.27. The van der Waals surface area contributed by atoms with E-state index in [1.807, 2.05) is 27.2 Å². The van der Waals surface area contributed by atoms with Gasteiger partial charge in [0.15, 0.2) is 0 Å². The zero-order valence-electron chi connectivity index (χ0n) is 48.5. The lowest BCUT2D eigenvalue weighted by atomic mass is 10.0. The molecule has 8 nitrogen and oxygen atoms in total. The molecule has 0 aliphatic heterocycles. The van der Waals surface area contributed by atoms with Crippen molar-refractivity contribution in [2.45, 2.75) is 257 Å². The van der Waals surface area contributed by atoms with Crippen LogP contribution in [0.25, 0.3) is 0 Å². The third kappa shape index (κ3) is 56.9. The van der Waals surface area contributed by atoms with Gasteiger partial charge in [-0.15, -0.1) is 0 Å². The number of hydrogen-bond donors (Lipinski definition) is 2. The number of carbonyl (C=O) groups is 1. The van der Waals surface area contributed by atoms with Crippen LogP contribution in [0.3, 0.4) is 0 Å². The number of phosphoric acid groups is 1. The fourth-order valence-corrected chi connectivity index (χ4v) is 8.99. The standard InChI is InChI=1S/C65H115N2O6P/c1-6-8-10-12-14-16-18-20-22-24-26-28-29-30-31-32-33-34-35-36-37-39-41-43-45-47-49-51-53-55-57-59-65(69)66-63(62-73-74(70,71)72-61-60-67(3,4)5)64(68)58-56-54-52-50-48-46-44-42-40-38-27-25-23-21-19-17-15-13-11-9-7-2/h8,10,14,16,20,22,26,28,30-31,33-34,36-37,48,50,56,58,63-64,68H,6-7,9,11-13,15,17-19,21,23-25,27,29,32,35,38-47,49,51-55,57,59-62H2,1-5H3,(H-,66,69,70,71)/b10-8-,16-14-,22-20-,28-26-,31-30-,34-33-,37-36-,50-48+,58-56+. The van der Waals surface area contributed by atoms with Crippen molar-refractivity contribution in [1.82, 2.24) is 5.32 Å². The second-order valence-corrected chi connectivity index (χ2v) is 22.7. The topological polar surface area (TPSA) is 108 Å². The van der Waals surface area contributed by atoms with E-state index in [2.05, 4.69) is 116 Å². The van der Waals surface area contributed by atoms with Crippen LogP contribution in [0, 0.1) is 0 Å². The van der Waals surface area contributed by atoms with E-state index in [-0.39, 0.29) is 12.5 Å². The maximum Gasteiger partial charge on any atom is 0.268 e. The molecule has 426 valence electrons. The first-order valence-electron chi connectivity index (χ1n) is 30.2. The zero-order chi connectivity index (χ0) is 54.2. The van der Waals surface area contributed by atoms with Gasteiger partial charge in [-0.05, 0) is 89.9 Å². The molecule has 0 saturated carbocycles. The zero-order valence-corrected chi connectivity index (χ0v) is 49.4. The number of hydrogen-bond acceptors (Lipinski definition) is 6. The number of unbranched alkanes of at least 4 members (excludes halogenated alkanes) is 25. The van der Waals surface area contributed by atoms with Gasteiger partial charge in [0.1, 0.15) is 13.2 Å². The van der Waals surface area contributed by atoms with E-state index in [0.29, 0.717) is 17.4 Å². The number of aliphatic hydroxyl groups excluding tert-OH is 1. The quantitative estimate of drug-likeness (QED) is 0.0272. The molecule has 3 unspecified atom stereocenters. The number of carbonyl (C=O) groups excluding carboxylic acids is 1. The lowest BCUT2D eigenvalue weighted by Crippen LogP contribution is -2.45. The van der Waals surface area contributed by atoms with Crippen LogP contribution in [0.2, 0.25) is 0 Å². The summed E-state index contributed by atoms with van der Waals surface area (Å²) in [6, 6.07) is -0.915. The van der Waals surface area contributed by atoms with Gasteiger partial charge in [0, 0.05) is 6.42 Å². The van der Waals surface area contributed by atoms with E-state index >= 15 is 0 Å². The highest BCUT2D eigenvalue weighted by Crippen LogP contribution is 2.38. The molecular formula is C65H115N2O6P. The summed E-state index contributed by atoms with van der Waals surface area (Å²) in [5, 5.41) is 13.9. The molecule has 0 aromatic rings. The Hall–Kier alpha value is -2.84. The van der Waals surface area contributed by atoms with Crippen LogP contribution >= 0.6 is 7.82 Å². The molecule has 0 spiro atoms. The maximum atomic E-state index is 13.0. The van der Waals surface area contributed by atoms with Gasteiger partial charge in [0.05, 0.1) is 39.9 Å². The first-order chi connectivity index (χ1) is 36.0. The number of quaternary nitrogens is 1.